The highest BCUT2D eigenvalue weighted by atomic mass is 14.9. The Bertz CT molecular complexity index is 523. The lowest BCUT2D eigenvalue weighted by atomic mass is 10.0. The third kappa shape index (κ3) is 20.5. The van der Waals surface area contributed by atoms with E-state index in [1.807, 2.05) is 0 Å². The SMILES string of the molecule is CCCCCCCCCCCCCCCC[n+]1cccc(CCCCCCCCCCCC)c1. The first kappa shape index (κ1) is 31.2. The number of hydrogen-bond acceptors (Lipinski definition) is 0. The minimum Gasteiger partial charge on any atom is -0.205 e. The molecule has 0 aliphatic heterocycles. The first-order valence-corrected chi connectivity index (χ1v) is 15.8. The molecule has 0 aromatic carbocycles. The second-order valence-corrected chi connectivity index (χ2v) is 11.0. The summed E-state index contributed by atoms with van der Waals surface area (Å²) in [5.41, 5.74) is 1.53. The maximum atomic E-state index is 2.44. The topological polar surface area (TPSA) is 3.88 Å². The monoisotopic (exact) mass is 472 g/mol. The summed E-state index contributed by atoms with van der Waals surface area (Å²) in [7, 11) is 0. The van der Waals surface area contributed by atoms with Crippen molar-refractivity contribution < 1.29 is 4.57 Å². The van der Waals surface area contributed by atoms with Crippen molar-refractivity contribution in [3.63, 3.8) is 0 Å². The standard InChI is InChI=1S/C33H62N/c1-3-5-7-9-11-13-15-16-17-18-20-22-24-26-30-34-31-27-29-33(32-34)28-25-23-21-19-14-12-10-8-6-4-2/h27,29,31-32H,3-26,28,30H2,1-2H3/q+1. The molecule has 0 aliphatic rings. The summed E-state index contributed by atoms with van der Waals surface area (Å²) >= 11 is 0. The Morgan fingerprint density at radius 3 is 1.29 bits per heavy atom. The summed E-state index contributed by atoms with van der Waals surface area (Å²) in [4.78, 5) is 0. The van der Waals surface area contributed by atoms with Gasteiger partial charge in [-0.25, -0.2) is 4.57 Å². The molecule has 1 nitrogen and oxygen atoms in total. The normalized spacial score (nSPS) is 11.4. The number of hydrogen-bond donors (Lipinski definition) is 0. The fourth-order valence-corrected chi connectivity index (χ4v) is 5.17. The predicted molar refractivity (Wildman–Crippen MR) is 152 cm³/mol. The van der Waals surface area contributed by atoms with Gasteiger partial charge in [-0.05, 0) is 25.3 Å². The average molecular weight is 473 g/mol. The molecule has 1 aromatic heterocycles. The molecular weight excluding hydrogens is 410 g/mol. The zero-order valence-corrected chi connectivity index (χ0v) is 23.6. The van der Waals surface area contributed by atoms with Crippen LogP contribution in [0.2, 0.25) is 0 Å². The van der Waals surface area contributed by atoms with Crippen molar-refractivity contribution in [2.45, 2.75) is 181 Å². The molecule has 1 heteroatoms. The molecule has 0 atom stereocenters. The van der Waals surface area contributed by atoms with E-state index in [4.69, 9.17) is 0 Å². The van der Waals surface area contributed by atoms with Gasteiger partial charge in [-0.2, -0.15) is 0 Å². The third-order valence-corrected chi connectivity index (χ3v) is 7.51. The molecule has 0 spiro atoms. The second kappa shape index (κ2) is 25.2. The lowest BCUT2D eigenvalue weighted by Gasteiger charge is -2.04. The molecule has 198 valence electrons. The summed E-state index contributed by atoms with van der Waals surface area (Å²) < 4.78 is 2.44. The Morgan fingerprint density at radius 2 is 0.853 bits per heavy atom. The van der Waals surface area contributed by atoms with E-state index < -0.39 is 0 Å². The molecule has 1 aromatic rings. The molecule has 0 N–H and O–H groups in total. The van der Waals surface area contributed by atoms with E-state index in [9.17, 15) is 0 Å². The smallest absolute Gasteiger partial charge is 0.171 e. The number of unbranched alkanes of at least 4 members (excludes halogenated alkanes) is 22. The van der Waals surface area contributed by atoms with Crippen LogP contribution in [-0.4, -0.2) is 0 Å². The molecular formula is C33H62N+. The van der Waals surface area contributed by atoms with E-state index in [2.05, 4.69) is 42.9 Å². The van der Waals surface area contributed by atoms with Crippen molar-refractivity contribution in [1.29, 1.82) is 0 Å². The molecule has 0 radical (unpaired) electrons. The van der Waals surface area contributed by atoms with Gasteiger partial charge < -0.3 is 0 Å². The zero-order chi connectivity index (χ0) is 24.4. The fourth-order valence-electron chi connectivity index (χ4n) is 5.17. The van der Waals surface area contributed by atoms with E-state index in [0.717, 1.165) is 0 Å². The molecule has 1 rings (SSSR count). The van der Waals surface area contributed by atoms with E-state index >= 15 is 0 Å². The van der Waals surface area contributed by atoms with Crippen LogP contribution in [0.25, 0.3) is 0 Å². The number of pyridine rings is 1. The van der Waals surface area contributed by atoms with Crippen molar-refractivity contribution >= 4 is 0 Å². The third-order valence-electron chi connectivity index (χ3n) is 7.51. The van der Waals surface area contributed by atoms with Crippen LogP contribution in [0.5, 0.6) is 0 Å². The summed E-state index contributed by atoms with van der Waals surface area (Å²) in [6.45, 7) is 5.80. The van der Waals surface area contributed by atoms with Crippen molar-refractivity contribution in [2.75, 3.05) is 0 Å². The summed E-state index contributed by atoms with van der Waals surface area (Å²) in [5.74, 6) is 0. The molecule has 0 bridgehead atoms. The van der Waals surface area contributed by atoms with Crippen LogP contribution < -0.4 is 4.57 Å². The van der Waals surface area contributed by atoms with Crippen molar-refractivity contribution in [1.82, 2.24) is 0 Å². The molecule has 0 aliphatic carbocycles. The average Bonchev–Trinajstić information content (AvgIpc) is 2.85. The Morgan fingerprint density at radius 1 is 0.471 bits per heavy atom. The second-order valence-electron chi connectivity index (χ2n) is 11.0. The van der Waals surface area contributed by atoms with Crippen LogP contribution in [0.3, 0.4) is 0 Å². The quantitative estimate of drug-likeness (QED) is 0.0932. The highest BCUT2D eigenvalue weighted by Gasteiger charge is 2.03. The maximum absolute atomic E-state index is 2.44. The number of aromatic nitrogens is 1. The van der Waals surface area contributed by atoms with Gasteiger partial charge in [-0.1, -0.05) is 149 Å². The van der Waals surface area contributed by atoms with Gasteiger partial charge in [0.05, 0.1) is 0 Å². The van der Waals surface area contributed by atoms with Crippen molar-refractivity contribution in [2.24, 2.45) is 0 Å². The van der Waals surface area contributed by atoms with E-state index in [1.54, 1.807) is 0 Å². The van der Waals surface area contributed by atoms with Crippen LogP contribution in [-0.2, 0) is 13.0 Å². The van der Waals surface area contributed by atoms with Crippen LogP contribution in [0.1, 0.15) is 174 Å². The summed E-state index contributed by atoms with van der Waals surface area (Å²) in [6.07, 6.45) is 40.3. The van der Waals surface area contributed by atoms with Crippen LogP contribution in [0.4, 0.5) is 0 Å². The van der Waals surface area contributed by atoms with Gasteiger partial charge in [0, 0.05) is 18.1 Å². The molecule has 34 heavy (non-hydrogen) atoms. The first-order chi connectivity index (χ1) is 16.9. The van der Waals surface area contributed by atoms with Crippen molar-refractivity contribution in [3.8, 4) is 0 Å². The Hall–Kier alpha value is -0.850. The zero-order valence-electron chi connectivity index (χ0n) is 23.6. The van der Waals surface area contributed by atoms with Crippen LogP contribution in [0, 0.1) is 0 Å². The van der Waals surface area contributed by atoms with Gasteiger partial charge >= 0.3 is 0 Å². The van der Waals surface area contributed by atoms with Gasteiger partial charge in [0.15, 0.2) is 12.4 Å². The van der Waals surface area contributed by atoms with Crippen LogP contribution >= 0.6 is 0 Å². The summed E-state index contributed by atoms with van der Waals surface area (Å²) in [6, 6.07) is 4.59. The largest absolute Gasteiger partial charge is 0.205 e. The molecule has 0 amide bonds. The molecule has 0 saturated carbocycles. The van der Waals surface area contributed by atoms with Gasteiger partial charge in [0.1, 0.15) is 6.54 Å². The van der Waals surface area contributed by atoms with Gasteiger partial charge in [-0.15, -0.1) is 0 Å². The lowest BCUT2D eigenvalue weighted by Crippen LogP contribution is -2.33. The maximum Gasteiger partial charge on any atom is 0.171 e. The van der Waals surface area contributed by atoms with Crippen molar-refractivity contribution in [3.05, 3.63) is 30.1 Å². The Balaban J connectivity index is 1.91. The lowest BCUT2D eigenvalue weighted by molar-refractivity contribution is -0.697. The number of aryl methyl sites for hydroxylation is 2. The van der Waals surface area contributed by atoms with Gasteiger partial charge in [0.25, 0.3) is 0 Å². The highest BCUT2D eigenvalue weighted by molar-refractivity contribution is 5.05. The number of rotatable bonds is 26. The van der Waals surface area contributed by atoms with E-state index in [-0.39, 0.29) is 0 Å². The van der Waals surface area contributed by atoms with Gasteiger partial charge in [0.2, 0.25) is 0 Å². The summed E-state index contributed by atoms with van der Waals surface area (Å²) in [5, 5.41) is 0. The van der Waals surface area contributed by atoms with E-state index in [1.165, 1.54) is 173 Å². The highest BCUT2D eigenvalue weighted by Crippen LogP contribution is 2.14. The molecule has 1 heterocycles. The van der Waals surface area contributed by atoms with Crippen LogP contribution in [0.15, 0.2) is 24.5 Å². The minimum atomic E-state index is 1.20. The first-order valence-electron chi connectivity index (χ1n) is 15.8. The molecule has 0 fully saturated rings. The Labute approximate surface area is 215 Å². The molecule has 0 saturated heterocycles. The van der Waals surface area contributed by atoms with E-state index in [0.29, 0.717) is 0 Å². The fraction of sp³-hybridized carbons (Fsp3) is 0.848. The Kier molecular flexibility index (Phi) is 23.2. The van der Waals surface area contributed by atoms with Gasteiger partial charge in [-0.3, -0.25) is 0 Å². The molecule has 0 unspecified atom stereocenters. The number of nitrogens with zero attached hydrogens (tertiary/aromatic N) is 1. The minimum absolute atomic E-state index is 1.20. The predicted octanol–water partition coefficient (Wildman–Crippen LogP) is 10.9.